The highest BCUT2D eigenvalue weighted by Crippen LogP contribution is 2.22. The lowest BCUT2D eigenvalue weighted by molar-refractivity contribution is 0.0975. The number of nitrogens with two attached hydrogens (primary N) is 2. The van der Waals surface area contributed by atoms with Crippen LogP contribution < -0.4 is 16.2 Å². The van der Waals surface area contributed by atoms with E-state index in [1.165, 1.54) is 12.4 Å². The van der Waals surface area contributed by atoms with Crippen LogP contribution in [0.1, 0.15) is 36.2 Å². The maximum atomic E-state index is 11.1. The fraction of sp³-hybridized carbons (Fsp3) is 0.545. The Balaban J connectivity index is 2.10. The summed E-state index contributed by atoms with van der Waals surface area (Å²) in [5.74, 6) is -0.424. The second-order valence-electron chi connectivity index (χ2n) is 4.24. The van der Waals surface area contributed by atoms with Crippen molar-refractivity contribution in [2.75, 3.05) is 0 Å². The number of aromatic nitrogens is 2. The van der Waals surface area contributed by atoms with Crippen molar-refractivity contribution < 1.29 is 9.53 Å². The summed E-state index contributed by atoms with van der Waals surface area (Å²) in [4.78, 5) is 19.0. The minimum absolute atomic E-state index is 0.00597. The minimum atomic E-state index is -0.631. The molecule has 2 unspecified atom stereocenters. The Hall–Kier alpha value is -1.69. The number of hydrogen-bond donors (Lipinski definition) is 2. The molecule has 1 fully saturated rings. The molecule has 1 aliphatic rings. The first-order valence-electron chi connectivity index (χ1n) is 5.70. The van der Waals surface area contributed by atoms with Crippen molar-refractivity contribution >= 4 is 5.91 Å². The molecule has 4 N–H and O–H groups in total. The topological polar surface area (TPSA) is 104 Å². The van der Waals surface area contributed by atoms with E-state index in [4.69, 9.17) is 16.2 Å². The Morgan fingerprint density at radius 2 is 2.12 bits per heavy atom. The molecular formula is C11H16N4O2. The number of primary amides is 1. The van der Waals surface area contributed by atoms with Gasteiger partial charge in [-0.3, -0.25) is 4.79 Å². The summed E-state index contributed by atoms with van der Waals surface area (Å²) >= 11 is 0. The second kappa shape index (κ2) is 5.09. The molecule has 0 spiro atoms. The Kier molecular flexibility index (Phi) is 3.53. The van der Waals surface area contributed by atoms with E-state index in [0.717, 1.165) is 25.7 Å². The smallest absolute Gasteiger partial charge is 0.272 e. The monoisotopic (exact) mass is 236 g/mol. The van der Waals surface area contributed by atoms with Crippen molar-refractivity contribution in [3.05, 3.63) is 18.1 Å². The van der Waals surface area contributed by atoms with Crippen LogP contribution in [-0.4, -0.2) is 28.0 Å². The Bertz CT molecular complexity index is 410. The molecule has 0 aromatic carbocycles. The van der Waals surface area contributed by atoms with Crippen LogP contribution in [-0.2, 0) is 0 Å². The van der Waals surface area contributed by atoms with Crippen molar-refractivity contribution in [3.8, 4) is 5.88 Å². The molecule has 92 valence electrons. The predicted octanol–water partition coefficient (Wildman–Crippen LogP) is 0.224. The van der Waals surface area contributed by atoms with E-state index in [9.17, 15) is 4.79 Å². The highest BCUT2D eigenvalue weighted by molar-refractivity contribution is 5.92. The van der Waals surface area contributed by atoms with E-state index in [0.29, 0.717) is 0 Å². The summed E-state index contributed by atoms with van der Waals surface area (Å²) in [6.45, 7) is 0. The van der Waals surface area contributed by atoms with E-state index in [-0.39, 0.29) is 23.7 Å². The molecule has 2 rings (SSSR count). The van der Waals surface area contributed by atoms with Gasteiger partial charge in [0.15, 0.2) is 5.69 Å². The number of carbonyl (C=O) groups excluding carboxylic acids is 1. The fourth-order valence-electron chi connectivity index (χ4n) is 2.03. The molecule has 1 aromatic rings. The maximum Gasteiger partial charge on any atom is 0.272 e. The Morgan fingerprint density at radius 3 is 2.82 bits per heavy atom. The zero-order chi connectivity index (χ0) is 12.3. The van der Waals surface area contributed by atoms with Gasteiger partial charge in [0, 0.05) is 18.4 Å². The van der Waals surface area contributed by atoms with Crippen LogP contribution in [0.3, 0.4) is 0 Å². The van der Waals surface area contributed by atoms with Gasteiger partial charge >= 0.3 is 0 Å². The molecule has 0 aliphatic heterocycles. The molecular weight excluding hydrogens is 220 g/mol. The highest BCUT2D eigenvalue weighted by Gasteiger charge is 2.23. The van der Waals surface area contributed by atoms with Gasteiger partial charge in [-0.2, -0.15) is 0 Å². The Morgan fingerprint density at radius 1 is 1.35 bits per heavy atom. The van der Waals surface area contributed by atoms with Crippen LogP contribution in [0, 0.1) is 0 Å². The van der Waals surface area contributed by atoms with Gasteiger partial charge in [-0.25, -0.2) is 9.97 Å². The number of carbonyl (C=O) groups is 1. The quantitative estimate of drug-likeness (QED) is 0.781. The van der Waals surface area contributed by atoms with E-state index in [1.807, 2.05) is 0 Å². The van der Waals surface area contributed by atoms with Gasteiger partial charge in [-0.1, -0.05) is 0 Å². The third-order valence-electron chi connectivity index (χ3n) is 2.84. The average Bonchev–Trinajstić information content (AvgIpc) is 2.29. The number of amides is 1. The largest absolute Gasteiger partial charge is 0.473 e. The molecule has 6 heteroatoms. The summed E-state index contributed by atoms with van der Waals surface area (Å²) in [7, 11) is 0. The number of hydrogen-bond acceptors (Lipinski definition) is 5. The lowest BCUT2D eigenvalue weighted by atomic mass is 9.93. The molecule has 0 bridgehead atoms. The Labute approximate surface area is 99.4 Å². The summed E-state index contributed by atoms with van der Waals surface area (Å²) < 4.78 is 5.66. The summed E-state index contributed by atoms with van der Waals surface area (Å²) in [6, 6.07) is 0.155. The van der Waals surface area contributed by atoms with Gasteiger partial charge in [0.05, 0.1) is 0 Å². The van der Waals surface area contributed by atoms with Crippen molar-refractivity contribution in [2.24, 2.45) is 11.5 Å². The maximum absolute atomic E-state index is 11.1. The molecule has 0 radical (unpaired) electrons. The molecule has 17 heavy (non-hydrogen) atoms. The third kappa shape index (κ3) is 2.91. The van der Waals surface area contributed by atoms with Crippen LogP contribution in [0.25, 0.3) is 0 Å². The van der Waals surface area contributed by atoms with Crippen LogP contribution >= 0.6 is 0 Å². The summed E-state index contributed by atoms with van der Waals surface area (Å²) in [5.41, 5.74) is 11.1. The zero-order valence-corrected chi connectivity index (χ0v) is 9.50. The van der Waals surface area contributed by atoms with E-state index < -0.39 is 5.91 Å². The van der Waals surface area contributed by atoms with Crippen molar-refractivity contribution in [2.45, 2.75) is 37.8 Å². The standard InChI is InChI=1S/C11H16N4O2/c12-7-2-1-3-8(6-7)17-11-9(10(13)16)14-4-5-15-11/h4-5,7-8H,1-3,6,12H2,(H2,13,16). The number of rotatable bonds is 3. The van der Waals surface area contributed by atoms with Crippen molar-refractivity contribution in [3.63, 3.8) is 0 Å². The zero-order valence-electron chi connectivity index (χ0n) is 9.50. The van der Waals surface area contributed by atoms with Gasteiger partial charge in [0.2, 0.25) is 5.88 Å². The summed E-state index contributed by atoms with van der Waals surface area (Å²) in [6.07, 6.45) is 6.62. The molecule has 6 nitrogen and oxygen atoms in total. The van der Waals surface area contributed by atoms with Crippen LogP contribution in [0.5, 0.6) is 5.88 Å². The SMILES string of the molecule is NC(=O)c1nccnc1OC1CCCC(N)C1. The first kappa shape index (κ1) is 11.8. The predicted molar refractivity (Wildman–Crippen MR) is 61.4 cm³/mol. The molecule has 0 saturated heterocycles. The first-order valence-corrected chi connectivity index (χ1v) is 5.70. The fourth-order valence-corrected chi connectivity index (χ4v) is 2.03. The number of ether oxygens (including phenoxy) is 1. The first-order chi connectivity index (χ1) is 8.16. The van der Waals surface area contributed by atoms with Crippen LogP contribution in [0.4, 0.5) is 0 Å². The van der Waals surface area contributed by atoms with Gasteiger partial charge in [-0.05, 0) is 25.7 Å². The third-order valence-corrected chi connectivity index (χ3v) is 2.84. The van der Waals surface area contributed by atoms with Gasteiger partial charge < -0.3 is 16.2 Å². The average molecular weight is 236 g/mol. The summed E-state index contributed by atoms with van der Waals surface area (Å²) in [5, 5.41) is 0. The van der Waals surface area contributed by atoms with Crippen LogP contribution in [0.15, 0.2) is 12.4 Å². The number of nitrogens with zero attached hydrogens (tertiary/aromatic N) is 2. The van der Waals surface area contributed by atoms with E-state index >= 15 is 0 Å². The molecule has 1 aliphatic carbocycles. The van der Waals surface area contributed by atoms with Gasteiger partial charge in [0.1, 0.15) is 6.10 Å². The van der Waals surface area contributed by atoms with E-state index in [1.54, 1.807) is 0 Å². The second-order valence-corrected chi connectivity index (χ2v) is 4.24. The van der Waals surface area contributed by atoms with E-state index in [2.05, 4.69) is 9.97 Å². The lowest BCUT2D eigenvalue weighted by Crippen LogP contribution is -2.34. The molecule has 1 saturated carbocycles. The highest BCUT2D eigenvalue weighted by atomic mass is 16.5. The molecule has 1 amide bonds. The minimum Gasteiger partial charge on any atom is -0.473 e. The lowest BCUT2D eigenvalue weighted by Gasteiger charge is -2.26. The molecule has 1 aromatic heterocycles. The van der Waals surface area contributed by atoms with Crippen LogP contribution in [0.2, 0.25) is 0 Å². The van der Waals surface area contributed by atoms with Crippen molar-refractivity contribution in [1.29, 1.82) is 0 Å². The van der Waals surface area contributed by atoms with Crippen molar-refractivity contribution in [1.82, 2.24) is 9.97 Å². The van der Waals surface area contributed by atoms with Gasteiger partial charge in [-0.15, -0.1) is 0 Å². The molecule has 1 heterocycles. The molecule has 2 atom stereocenters. The van der Waals surface area contributed by atoms with Gasteiger partial charge in [0.25, 0.3) is 5.91 Å². The normalized spacial score (nSPS) is 24.3.